The molecule has 4 N–H and O–H groups in total. The Labute approximate surface area is 89.0 Å². The van der Waals surface area contributed by atoms with Crippen molar-refractivity contribution in [3.05, 3.63) is 0 Å². The van der Waals surface area contributed by atoms with Crippen LogP contribution in [0, 0.1) is 0 Å². The highest BCUT2D eigenvalue weighted by Crippen LogP contribution is 2.26. The number of thiol groups is 2. The van der Waals surface area contributed by atoms with E-state index >= 15 is 0 Å². The van der Waals surface area contributed by atoms with Crippen molar-refractivity contribution in [1.29, 1.82) is 0 Å². The second kappa shape index (κ2) is 4.76. The molecule has 2 atom stereocenters. The lowest BCUT2D eigenvalue weighted by molar-refractivity contribution is -0.112. The molecule has 0 rings (SSSR count). The van der Waals surface area contributed by atoms with Gasteiger partial charge >= 0.3 is 0 Å². The first-order valence-electron chi connectivity index (χ1n) is 3.86. The van der Waals surface area contributed by atoms with Gasteiger partial charge in [0.15, 0.2) is 5.96 Å². The van der Waals surface area contributed by atoms with E-state index < -0.39 is 4.75 Å². The average Bonchev–Trinajstić information content (AvgIpc) is 1.99. The lowest BCUT2D eigenvalue weighted by atomic mass is 10.0. The Kier molecular flexibility index (Phi) is 4.63. The average molecular weight is 221 g/mol. The largest absolute Gasteiger partial charge is 0.370 e. The number of guanidine groups is 1. The summed E-state index contributed by atoms with van der Waals surface area (Å²) in [5.41, 5.74) is 10.4. The van der Waals surface area contributed by atoms with E-state index in [1.54, 1.807) is 6.92 Å². The zero-order valence-corrected chi connectivity index (χ0v) is 9.48. The van der Waals surface area contributed by atoms with Crippen molar-refractivity contribution in [2.24, 2.45) is 16.5 Å². The van der Waals surface area contributed by atoms with E-state index in [9.17, 15) is 4.79 Å². The molecule has 0 aliphatic carbocycles. The van der Waals surface area contributed by atoms with Crippen LogP contribution in [0.15, 0.2) is 4.99 Å². The fourth-order valence-corrected chi connectivity index (χ4v) is 1.33. The van der Waals surface area contributed by atoms with Gasteiger partial charge in [0.25, 0.3) is 0 Å². The van der Waals surface area contributed by atoms with Gasteiger partial charge in [-0.2, -0.15) is 12.6 Å². The normalized spacial score (nSPS) is 17.2. The molecule has 0 spiro atoms. The molecule has 0 radical (unpaired) electrons. The van der Waals surface area contributed by atoms with Crippen LogP contribution >= 0.6 is 25.3 Å². The molecule has 0 aliphatic rings. The summed E-state index contributed by atoms with van der Waals surface area (Å²) in [7, 11) is 0. The van der Waals surface area contributed by atoms with Crippen molar-refractivity contribution in [2.75, 3.05) is 0 Å². The van der Waals surface area contributed by atoms with Crippen molar-refractivity contribution >= 4 is 36.3 Å². The number of rotatable bonds is 4. The van der Waals surface area contributed by atoms with Crippen molar-refractivity contribution in [3.8, 4) is 0 Å². The molecule has 0 amide bonds. The molecule has 0 aromatic heterocycles. The molecule has 0 aliphatic heterocycles. The van der Waals surface area contributed by atoms with Crippen LogP contribution in [-0.4, -0.2) is 21.9 Å². The molecule has 0 heterocycles. The summed E-state index contributed by atoms with van der Waals surface area (Å²) in [5, 5.41) is -0.340. The van der Waals surface area contributed by atoms with E-state index in [4.69, 9.17) is 11.5 Å². The molecule has 6 heteroatoms. The van der Waals surface area contributed by atoms with Gasteiger partial charge in [-0.1, -0.05) is 6.92 Å². The summed E-state index contributed by atoms with van der Waals surface area (Å²) in [5.74, 6) is -0.0401. The Bertz CT molecular complexity index is 224. The third kappa shape index (κ3) is 3.48. The Morgan fingerprint density at radius 2 is 2.08 bits per heavy atom. The maximum atomic E-state index is 11.1. The number of aliphatic imine (C=N–C) groups is 1. The molecule has 2 unspecified atom stereocenters. The second-order valence-corrected chi connectivity index (χ2v) is 4.27. The minimum atomic E-state index is -0.929. The van der Waals surface area contributed by atoms with Crippen LogP contribution < -0.4 is 11.5 Å². The summed E-state index contributed by atoms with van der Waals surface area (Å²) in [4.78, 5) is 15.0. The maximum Gasteiger partial charge on any atom is 0.203 e. The Hall–Kier alpha value is -0.360. The van der Waals surface area contributed by atoms with Gasteiger partial charge in [-0.25, -0.2) is 4.99 Å². The molecule has 0 aromatic carbocycles. The third-order valence-electron chi connectivity index (χ3n) is 1.77. The fourth-order valence-electron chi connectivity index (χ4n) is 0.937. The van der Waals surface area contributed by atoms with Gasteiger partial charge < -0.3 is 11.5 Å². The van der Waals surface area contributed by atoms with E-state index in [1.165, 1.54) is 0 Å². The number of nitrogens with two attached hydrogens (primary N) is 2. The number of carbonyl (C=O) groups excluding carboxylic acids is 1. The number of nitrogens with zero attached hydrogens (tertiary/aromatic N) is 1. The van der Waals surface area contributed by atoms with Crippen LogP contribution in [0.4, 0.5) is 0 Å². The van der Waals surface area contributed by atoms with Crippen LogP contribution in [0.1, 0.15) is 20.3 Å². The molecule has 0 saturated carbocycles. The van der Waals surface area contributed by atoms with Gasteiger partial charge in [0.05, 0.1) is 6.04 Å². The Morgan fingerprint density at radius 3 is 2.31 bits per heavy atom. The third-order valence-corrected chi connectivity index (χ3v) is 2.92. The van der Waals surface area contributed by atoms with Gasteiger partial charge in [-0.15, -0.1) is 12.6 Å². The quantitative estimate of drug-likeness (QED) is 0.311. The van der Waals surface area contributed by atoms with Crippen LogP contribution in [0.5, 0.6) is 0 Å². The molecule has 0 fully saturated rings. The molecule has 0 bridgehead atoms. The van der Waals surface area contributed by atoms with Crippen molar-refractivity contribution in [1.82, 2.24) is 0 Å². The zero-order chi connectivity index (χ0) is 10.6. The smallest absolute Gasteiger partial charge is 0.203 e. The standard InChI is InChI=1S/C7H15N3OS2/c1-3-4(10-6(8)9)7(2,13)5(11)12/h4,13H,3H2,1-2H3,(H,11,12)(H4,8,9,10). The van der Waals surface area contributed by atoms with Gasteiger partial charge in [-0.05, 0) is 13.3 Å². The van der Waals surface area contributed by atoms with E-state index in [-0.39, 0.29) is 17.1 Å². The number of hydrogen-bond donors (Lipinski definition) is 4. The Morgan fingerprint density at radius 1 is 1.62 bits per heavy atom. The molecule has 0 saturated heterocycles. The lowest BCUT2D eigenvalue weighted by Gasteiger charge is -2.26. The SMILES string of the molecule is CCC(N=C(N)N)C(C)(S)C(=O)S. The van der Waals surface area contributed by atoms with Crippen LogP contribution in [0.3, 0.4) is 0 Å². The Balaban J connectivity index is 4.77. The summed E-state index contributed by atoms with van der Waals surface area (Å²) in [6, 6.07) is -0.342. The molecule has 13 heavy (non-hydrogen) atoms. The van der Waals surface area contributed by atoms with Crippen molar-refractivity contribution in [2.45, 2.75) is 31.1 Å². The molecular weight excluding hydrogens is 206 g/mol. The maximum absolute atomic E-state index is 11.1. The second-order valence-electron chi connectivity index (χ2n) is 2.93. The molecule has 4 nitrogen and oxygen atoms in total. The first kappa shape index (κ1) is 12.6. The monoisotopic (exact) mass is 221 g/mol. The minimum Gasteiger partial charge on any atom is -0.370 e. The first-order chi connectivity index (χ1) is 5.82. The summed E-state index contributed by atoms with van der Waals surface area (Å²) in [6.45, 7) is 3.52. The van der Waals surface area contributed by atoms with Gasteiger partial charge in [-0.3, -0.25) is 4.79 Å². The van der Waals surface area contributed by atoms with E-state index in [0.717, 1.165) is 0 Å². The van der Waals surface area contributed by atoms with E-state index in [1.807, 2.05) is 6.92 Å². The highest BCUT2D eigenvalue weighted by Gasteiger charge is 2.34. The van der Waals surface area contributed by atoms with Gasteiger partial charge in [0.2, 0.25) is 5.12 Å². The first-order valence-corrected chi connectivity index (χ1v) is 4.76. The highest BCUT2D eigenvalue weighted by molar-refractivity contribution is 7.99. The topological polar surface area (TPSA) is 81.5 Å². The predicted octanol–water partition coefficient (Wildman–Crippen LogP) is 0.183. The summed E-state index contributed by atoms with van der Waals surface area (Å²) in [6.07, 6.45) is 0.629. The van der Waals surface area contributed by atoms with Gasteiger partial charge in [0.1, 0.15) is 4.75 Å². The summed E-state index contributed by atoms with van der Waals surface area (Å²) < 4.78 is -0.929. The summed E-state index contributed by atoms with van der Waals surface area (Å²) >= 11 is 7.92. The zero-order valence-electron chi connectivity index (χ0n) is 7.69. The number of carbonyl (C=O) groups is 1. The molecular formula is C7H15N3OS2. The van der Waals surface area contributed by atoms with Crippen LogP contribution in [0.2, 0.25) is 0 Å². The lowest BCUT2D eigenvalue weighted by Crippen LogP contribution is -2.40. The van der Waals surface area contributed by atoms with Crippen molar-refractivity contribution in [3.63, 3.8) is 0 Å². The van der Waals surface area contributed by atoms with Crippen molar-refractivity contribution < 1.29 is 4.79 Å². The molecule has 0 aromatic rings. The van der Waals surface area contributed by atoms with E-state index in [2.05, 4.69) is 30.2 Å². The molecule has 76 valence electrons. The number of hydrogen-bond acceptors (Lipinski definition) is 3. The minimum absolute atomic E-state index is 0.0401. The van der Waals surface area contributed by atoms with Gasteiger partial charge in [0, 0.05) is 0 Å². The van der Waals surface area contributed by atoms with Crippen LogP contribution in [0.25, 0.3) is 0 Å². The predicted molar refractivity (Wildman–Crippen MR) is 61.3 cm³/mol. The van der Waals surface area contributed by atoms with E-state index in [0.29, 0.717) is 6.42 Å². The fraction of sp³-hybridized carbons (Fsp3) is 0.714. The van der Waals surface area contributed by atoms with Crippen LogP contribution in [-0.2, 0) is 4.79 Å². The highest BCUT2D eigenvalue weighted by atomic mass is 32.1.